The highest BCUT2D eigenvalue weighted by molar-refractivity contribution is 5.26. The topological polar surface area (TPSA) is 32.7 Å². The van der Waals surface area contributed by atoms with E-state index in [1.807, 2.05) is 24.3 Å². The number of aliphatic hydroxyl groups is 1. The first-order valence-electron chi connectivity index (χ1n) is 7.63. The van der Waals surface area contributed by atoms with Crippen molar-refractivity contribution < 1.29 is 9.84 Å². The molecule has 0 aromatic heterocycles. The maximum Gasteiger partial charge on any atom is 0.119 e. The number of hydrogen-bond donors (Lipinski definition) is 1. The molecule has 20 heavy (non-hydrogen) atoms. The summed E-state index contributed by atoms with van der Waals surface area (Å²) in [7, 11) is 0. The van der Waals surface area contributed by atoms with Gasteiger partial charge >= 0.3 is 0 Å². The molecule has 1 saturated heterocycles. The molecule has 1 N–H and O–H groups in total. The normalized spacial score (nSPS) is 25.4. The number of hydrogen-bond acceptors (Lipinski definition) is 3. The zero-order valence-electron chi connectivity index (χ0n) is 12.9. The molecule has 2 rings (SSSR count). The molecule has 0 spiro atoms. The summed E-state index contributed by atoms with van der Waals surface area (Å²) in [5, 5.41) is 10.1. The molecule has 0 aliphatic carbocycles. The van der Waals surface area contributed by atoms with Gasteiger partial charge in [0.15, 0.2) is 0 Å². The molecule has 0 saturated carbocycles. The number of β-amino-alcohol motifs (C(OH)–C–C–N with tert-alkyl or cyclic N) is 1. The monoisotopic (exact) mass is 277 g/mol. The van der Waals surface area contributed by atoms with Crippen LogP contribution in [0.3, 0.4) is 0 Å². The van der Waals surface area contributed by atoms with Crippen LogP contribution in [-0.4, -0.2) is 42.4 Å². The molecule has 0 bridgehead atoms. The molecule has 1 aromatic rings. The van der Waals surface area contributed by atoms with Crippen LogP contribution in [-0.2, 0) is 0 Å². The zero-order chi connectivity index (χ0) is 14.5. The van der Waals surface area contributed by atoms with Crippen molar-refractivity contribution in [2.75, 3.05) is 26.2 Å². The first-order chi connectivity index (χ1) is 9.52. The summed E-state index contributed by atoms with van der Waals surface area (Å²) in [5.41, 5.74) is 1.22. The largest absolute Gasteiger partial charge is 0.491 e. The fourth-order valence-electron chi connectivity index (χ4n) is 3.12. The van der Waals surface area contributed by atoms with E-state index in [0.717, 1.165) is 30.7 Å². The first kappa shape index (κ1) is 15.3. The molecule has 1 aliphatic heterocycles. The molecule has 1 aromatic carbocycles. The van der Waals surface area contributed by atoms with Crippen LogP contribution in [0.25, 0.3) is 0 Å². The second-order valence-corrected chi connectivity index (χ2v) is 6.44. The van der Waals surface area contributed by atoms with Gasteiger partial charge in [-0.2, -0.15) is 0 Å². The third-order valence-electron chi connectivity index (χ3n) is 3.88. The lowest BCUT2D eigenvalue weighted by atomic mass is 9.92. The van der Waals surface area contributed by atoms with Gasteiger partial charge in [0.2, 0.25) is 0 Å². The van der Waals surface area contributed by atoms with Crippen LogP contribution < -0.4 is 4.74 Å². The van der Waals surface area contributed by atoms with Crippen LogP contribution in [0.15, 0.2) is 24.3 Å². The van der Waals surface area contributed by atoms with Crippen LogP contribution in [0.1, 0.15) is 25.8 Å². The molecule has 1 heterocycles. The molecule has 1 aliphatic rings. The van der Waals surface area contributed by atoms with Gasteiger partial charge in [0.05, 0.1) is 0 Å². The van der Waals surface area contributed by atoms with Crippen LogP contribution >= 0.6 is 0 Å². The highest BCUT2D eigenvalue weighted by Gasteiger charge is 2.23. The summed E-state index contributed by atoms with van der Waals surface area (Å²) >= 11 is 0. The van der Waals surface area contributed by atoms with Crippen molar-refractivity contribution in [3.8, 4) is 5.75 Å². The number of likely N-dealkylation sites (tertiary alicyclic amines) is 1. The number of ether oxygens (including phenoxy) is 1. The van der Waals surface area contributed by atoms with Crippen molar-refractivity contribution in [2.45, 2.75) is 33.3 Å². The van der Waals surface area contributed by atoms with Crippen LogP contribution in [0.4, 0.5) is 0 Å². The Bertz CT molecular complexity index is 394. The Morgan fingerprint density at radius 3 is 2.40 bits per heavy atom. The number of aryl methyl sites for hydroxylation is 1. The lowest BCUT2D eigenvalue weighted by molar-refractivity contribution is 0.0429. The van der Waals surface area contributed by atoms with E-state index in [-0.39, 0.29) is 0 Å². The van der Waals surface area contributed by atoms with E-state index >= 15 is 0 Å². The standard InChI is InChI=1S/C17H27NO2/c1-13-4-6-17(7-5-13)20-12-16(19)11-18-9-14(2)8-15(3)10-18/h4-7,14-16,19H,8-12H2,1-3H3/t14-,15-,16-/m0/s1. The first-order valence-corrected chi connectivity index (χ1v) is 7.63. The molecule has 3 atom stereocenters. The minimum atomic E-state index is -0.422. The molecule has 0 radical (unpaired) electrons. The Kier molecular flexibility index (Phi) is 5.44. The molecular weight excluding hydrogens is 250 g/mol. The van der Waals surface area contributed by atoms with Gasteiger partial charge in [0.1, 0.15) is 18.5 Å². The SMILES string of the molecule is Cc1ccc(OC[C@@H](O)CN2C[C@@H](C)C[C@H](C)C2)cc1. The Labute approximate surface area is 122 Å². The summed E-state index contributed by atoms with van der Waals surface area (Å²) in [5.74, 6) is 2.28. The van der Waals surface area contributed by atoms with Gasteiger partial charge in [-0.15, -0.1) is 0 Å². The maximum atomic E-state index is 10.1. The van der Waals surface area contributed by atoms with Gasteiger partial charge in [-0.3, -0.25) is 0 Å². The number of aliphatic hydroxyl groups excluding tert-OH is 1. The van der Waals surface area contributed by atoms with E-state index in [0.29, 0.717) is 13.2 Å². The summed E-state index contributed by atoms with van der Waals surface area (Å²) in [6.07, 6.45) is 0.876. The number of piperidine rings is 1. The fraction of sp³-hybridized carbons (Fsp3) is 0.647. The minimum Gasteiger partial charge on any atom is -0.491 e. The van der Waals surface area contributed by atoms with E-state index in [1.165, 1.54) is 12.0 Å². The van der Waals surface area contributed by atoms with Crippen molar-refractivity contribution >= 4 is 0 Å². The Hall–Kier alpha value is -1.06. The van der Waals surface area contributed by atoms with Crippen molar-refractivity contribution in [1.29, 1.82) is 0 Å². The van der Waals surface area contributed by atoms with Crippen LogP contribution in [0, 0.1) is 18.8 Å². The maximum absolute atomic E-state index is 10.1. The summed E-state index contributed by atoms with van der Waals surface area (Å²) in [6, 6.07) is 7.95. The third kappa shape index (κ3) is 4.80. The second-order valence-electron chi connectivity index (χ2n) is 6.44. The van der Waals surface area contributed by atoms with Gasteiger partial charge < -0.3 is 14.7 Å². The summed E-state index contributed by atoms with van der Waals surface area (Å²) in [6.45, 7) is 9.88. The van der Waals surface area contributed by atoms with Crippen molar-refractivity contribution in [2.24, 2.45) is 11.8 Å². The fourth-order valence-corrected chi connectivity index (χ4v) is 3.12. The quantitative estimate of drug-likeness (QED) is 0.898. The average Bonchev–Trinajstić information content (AvgIpc) is 2.37. The van der Waals surface area contributed by atoms with Gasteiger partial charge in [-0.25, -0.2) is 0 Å². The lowest BCUT2D eigenvalue weighted by Crippen LogP contribution is -2.43. The molecule has 3 nitrogen and oxygen atoms in total. The van der Waals surface area contributed by atoms with E-state index in [1.54, 1.807) is 0 Å². The van der Waals surface area contributed by atoms with E-state index in [9.17, 15) is 5.11 Å². The van der Waals surface area contributed by atoms with Gasteiger partial charge in [0.25, 0.3) is 0 Å². The van der Waals surface area contributed by atoms with Crippen molar-refractivity contribution in [1.82, 2.24) is 4.90 Å². The van der Waals surface area contributed by atoms with E-state index in [4.69, 9.17) is 4.74 Å². The van der Waals surface area contributed by atoms with Crippen molar-refractivity contribution in [3.63, 3.8) is 0 Å². The molecule has 0 unspecified atom stereocenters. The second kappa shape index (κ2) is 7.09. The molecule has 1 fully saturated rings. The van der Waals surface area contributed by atoms with Gasteiger partial charge in [-0.05, 0) is 37.3 Å². The van der Waals surface area contributed by atoms with Gasteiger partial charge in [-0.1, -0.05) is 31.5 Å². The van der Waals surface area contributed by atoms with Crippen LogP contribution in [0.5, 0.6) is 5.75 Å². The number of benzene rings is 1. The molecule has 3 heteroatoms. The predicted molar refractivity (Wildman–Crippen MR) is 82.1 cm³/mol. The predicted octanol–water partition coefficient (Wildman–Crippen LogP) is 2.71. The molecule has 0 amide bonds. The van der Waals surface area contributed by atoms with E-state index < -0.39 is 6.10 Å². The van der Waals surface area contributed by atoms with Crippen molar-refractivity contribution in [3.05, 3.63) is 29.8 Å². The van der Waals surface area contributed by atoms with E-state index in [2.05, 4.69) is 25.7 Å². The summed E-state index contributed by atoms with van der Waals surface area (Å²) < 4.78 is 5.64. The molecular formula is C17H27NO2. The van der Waals surface area contributed by atoms with Gasteiger partial charge in [0, 0.05) is 19.6 Å². The highest BCUT2D eigenvalue weighted by atomic mass is 16.5. The van der Waals surface area contributed by atoms with Crippen LogP contribution in [0.2, 0.25) is 0 Å². The lowest BCUT2D eigenvalue weighted by Gasteiger charge is -2.35. The average molecular weight is 277 g/mol. The number of nitrogens with zero attached hydrogens (tertiary/aromatic N) is 1. The highest BCUT2D eigenvalue weighted by Crippen LogP contribution is 2.21. The Morgan fingerprint density at radius 1 is 1.20 bits per heavy atom. The smallest absolute Gasteiger partial charge is 0.119 e. The number of rotatable bonds is 5. The minimum absolute atomic E-state index is 0.363. The summed E-state index contributed by atoms with van der Waals surface area (Å²) in [4.78, 5) is 2.36. The molecule has 112 valence electrons. The zero-order valence-corrected chi connectivity index (χ0v) is 12.9. The Balaban J connectivity index is 1.74. The third-order valence-corrected chi connectivity index (χ3v) is 3.88. The Morgan fingerprint density at radius 2 is 1.80 bits per heavy atom.